The molecule has 3 rings (SSSR count). The van der Waals surface area contributed by atoms with Crippen LogP contribution in [0.15, 0.2) is 59.8 Å². The number of anilines is 1. The second kappa shape index (κ2) is 11.2. The topological polar surface area (TPSA) is 69.1 Å². The molecule has 172 valence electrons. The zero-order valence-electron chi connectivity index (χ0n) is 19.8. The lowest BCUT2D eigenvalue weighted by atomic mass is 10.1. The number of amides is 1. The normalized spacial score (nSPS) is 10.8. The van der Waals surface area contributed by atoms with Crippen LogP contribution in [0.1, 0.15) is 33.4 Å². The summed E-state index contributed by atoms with van der Waals surface area (Å²) in [6.07, 6.45) is 1.61. The van der Waals surface area contributed by atoms with Gasteiger partial charge in [0, 0.05) is 11.3 Å². The fraction of sp³-hybridized carbons (Fsp3) is 0.259. The van der Waals surface area contributed by atoms with Gasteiger partial charge in [-0.05, 0) is 62.6 Å². The Kier molecular flexibility index (Phi) is 8.08. The molecule has 0 saturated carbocycles. The summed E-state index contributed by atoms with van der Waals surface area (Å²) in [5.74, 6) is 0.748. The molecule has 0 saturated heterocycles. The first kappa shape index (κ1) is 23.9. The van der Waals surface area contributed by atoms with Gasteiger partial charge in [-0.2, -0.15) is 0 Å². The Balaban J connectivity index is 1.56. The van der Waals surface area contributed by atoms with E-state index in [2.05, 4.69) is 10.5 Å². The van der Waals surface area contributed by atoms with Crippen molar-refractivity contribution in [3.05, 3.63) is 88.0 Å². The second-order valence-electron chi connectivity index (χ2n) is 8.01. The number of carbonyl (C=O) groups is 1. The predicted octanol–water partition coefficient (Wildman–Crippen LogP) is 5.50. The standard InChI is InChI=1S/C27H30N2O4/c1-18-6-8-22(9-7-18)16-33-28-15-23-10-11-24(25(14-23)31-5)32-17-26(30)29-27-20(3)12-19(2)13-21(27)4/h6-15H,16-17H2,1-5H3,(H,29,30). The van der Waals surface area contributed by atoms with Crippen LogP contribution < -0.4 is 14.8 Å². The quantitative estimate of drug-likeness (QED) is 0.348. The van der Waals surface area contributed by atoms with Crippen molar-refractivity contribution in [2.75, 3.05) is 19.0 Å². The molecule has 1 amide bonds. The highest BCUT2D eigenvalue weighted by atomic mass is 16.6. The minimum Gasteiger partial charge on any atom is -0.493 e. The molecule has 0 atom stereocenters. The lowest BCUT2D eigenvalue weighted by molar-refractivity contribution is -0.118. The number of oxime groups is 1. The van der Waals surface area contributed by atoms with E-state index in [9.17, 15) is 4.79 Å². The van der Waals surface area contributed by atoms with E-state index in [-0.39, 0.29) is 12.5 Å². The maximum absolute atomic E-state index is 12.4. The number of aryl methyl sites for hydroxylation is 4. The van der Waals surface area contributed by atoms with Crippen molar-refractivity contribution in [2.45, 2.75) is 34.3 Å². The molecule has 0 aliphatic heterocycles. The second-order valence-corrected chi connectivity index (χ2v) is 8.01. The van der Waals surface area contributed by atoms with Crippen molar-refractivity contribution in [3.63, 3.8) is 0 Å². The van der Waals surface area contributed by atoms with Crippen LogP contribution in [0.3, 0.4) is 0 Å². The highest BCUT2D eigenvalue weighted by Gasteiger charge is 2.11. The van der Waals surface area contributed by atoms with Gasteiger partial charge in [-0.15, -0.1) is 0 Å². The largest absolute Gasteiger partial charge is 0.493 e. The van der Waals surface area contributed by atoms with Gasteiger partial charge in [0.15, 0.2) is 18.1 Å². The van der Waals surface area contributed by atoms with E-state index < -0.39 is 0 Å². The van der Waals surface area contributed by atoms with E-state index in [1.54, 1.807) is 25.5 Å². The lowest BCUT2D eigenvalue weighted by Crippen LogP contribution is -2.21. The van der Waals surface area contributed by atoms with Gasteiger partial charge in [0.05, 0.1) is 13.3 Å². The van der Waals surface area contributed by atoms with Gasteiger partial charge in [-0.1, -0.05) is 52.7 Å². The van der Waals surface area contributed by atoms with Crippen LogP contribution in [-0.2, 0) is 16.2 Å². The molecular formula is C27H30N2O4. The van der Waals surface area contributed by atoms with Gasteiger partial charge >= 0.3 is 0 Å². The highest BCUT2D eigenvalue weighted by Crippen LogP contribution is 2.28. The molecule has 33 heavy (non-hydrogen) atoms. The molecule has 0 aromatic heterocycles. The van der Waals surface area contributed by atoms with Gasteiger partial charge < -0.3 is 19.6 Å². The number of benzene rings is 3. The Morgan fingerprint density at radius 1 is 0.909 bits per heavy atom. The molecule has 0 aliphatic carbocycles. The average molecular weight is 447 g/mol. The molecular weight excluding hydrogens is 416 g/mol. The Bertz CT molecular complexity index is 1110. The number of methoxy groups -OCH3 is 1. The van der Waals surface area contributed by atoms with Crippen molar-refractivity contribution in [1.29, 1.82) is 0 Å². The number of hydrogen-bond acceptors (Lipinski definition) is 5. The first-order valence-corrected chi connectivity index (χ1v) is 10.7. The molecule has 3 aromatic carbocycles. The van der Waals surface area contributed by atoms with Crippen LogP contribution in [0.5, 0.6) is 11.5 Å². The zero-order chi connectivity index (χ0) is 23.8. The smallest absolute Gasteiger partial charge is 0.262 e. The van der Waals surface area contributed by atoms with Crippen molar-refractivity contribution >= 4 is 17.8 Å². The Hall–Kier alpha value is -3.80. The number of hydrogen-bond donors (Lipinski definition) is 1. The monoisotopic (exact) mass is 446 g/mol. The van der Waals surface area contributed by atoms with Gasteiger partial charge in [0.25, 0.3) is 5.91 Å². The van der Waals surface area contributed by atoms with Gasteiger partial charge in [-0.25, -0.2) is 0 Å². The molecule has 0 aliphatic rings. The van der Waals surface area contributed by atoms with Crippen LogP contribution in [0.25, 0.3) is 0 Å². The van der Waals surface area contributed by atoms with Gasteiger partial charge in [0.1, 0.15) is 6.61 Å². The number of nitrogens with one attached hydrogen (secondary N) is 1. The molecule has 3 aromatic rings. The molecule has 0 fully saturated rings. The van der Waals surface area contributed by atoms with Crippen molar-refractivity contribution in [3.8, 4) is 11.5 Å². The van der Waals surface area contributed by atoms with Crippen molar-refractivity contribution < 1.29 is 19.1 Å². The van der Waals surface area contributed by atoms with Crippen LogP contribution >= 0.6 is 0 Å². The zero-order valence-corrected chi connectivity index (χ0v) is 19.8. The maximum atomic E-state index is 12.4. The van der Waals surface area contributed by atoms with Crippen LogP contribution in [0.4, 0.5) is 5.69 Å². The summed E-state index contributed by atoms with van der Waals surface area (Å²) in [7, 11) is 1.55. The first-order chi connectivity index (χ1) is 15.9. The van der Waals surface area contributed by atoms with E-state index in [0.717, 1.165) is 33.5 Å². The fourth-order valence-corrected chi connectivity index (χ4v) is 3.47. The molecule has 0 bridgehead atoms. The molecule has 6 heteroatoms. The van der Waals surface area contributed by atoms with E-state index in [0.29, 0.717) is 18.1 Å². The third-order valence-corrected chi connectivity index (χ3v) is 5.12. The summed E-state index contributed by atoms with van der Waals surface area (Å²) >= 11 is 0. The minimum atomic E-state index is -0.234. The van der Waals surface area contributed by atoms with Crippen molar-refractivity contribution in [1.82, 2.24) is 0 Å². The number of ether oxygens (including phenoxy) is 2. The highest BCUT2D eigenvalue weighted by molar-refractivity contribution is 5.93. The summed E-state index contributed by atoms with van der Waals surface area (Å²) in [5, 5.41) is 6.96. The third-order valence-electron chi connectivity index (χ3n) is 5.12. The molecule has 6 nitrogen and oxygen atoms in total. The summed E-state index contributed by atoms with van der Waals surface area (Å²) in [5.41, 5.74) is 7.06. The van der Waals surface area contributed by atoms with E-state index in [1.807, 2.05) is 70.2 Å². The summed E-state index contributed by atoms with van der Waals surface area (Å²) in [6, 6.07) is 17.5. The minimum absolute atomic E-state index is 0.129. The summed E-state index contributed by atoms with van der Waals surface area (Å²) in [6.45, 7) is 8.29. The van der Waals surface area contributed by atoms with Crippen LogP contribution in [-0.4, -0.2) is 25.8 Å². The van der Waals surface area contributed by atoms with E-state index >= 15 is 0 Å². The van der Waals surface area contributed by atoms with E-state index in [1.165, 1.54) is 5.56 Å². The molecule has 0 spiro atoms. The van der Waals surface area contributed by atoms with Gasteiger partial charge in [0.2, 0.25) is 0 Å². The molecule has 0 unspecified atom stereocenters. The number of carbonyl (C=O) groups excluding carboxylic acids is 1. The number of rotatable bonds is 9. The summed E-state index contributed by atoms with van der Waals surface area (Å²) in [4.78, 5) is 17.8. The first-order valence-electron chi connectivity index (χ1n) is 10.7. The third kappa shape index (κ3) is 6.84. The van der Waals surface area contributed by atoms with Crippen molar-refractivity contribution in [2.24, 2.45) is 5.16 Å². The maximum Gasteiger partial charge on any atom is 0.262 e. The Morgan fingerprint density at radius 2 is 1.61 bits per heavy atom. The molecule has 0 heterocycles. The van der Waals surface area contributed by atoms with Crippen LogP contribution in [0, 0.1) is 27.7 Å². The predicted molar refractivity (Wildman–Crippen MR) is 131 cm³/mol. The Morgan fingerprint density at radius 3 is 2.27 bits per heavy atom. The SMILES string of the molecule is COc1cc(C=NOCc2ccc(C)cc2)ccc1OCC(=O)Nc1c(C)cc(C)cc1C. The molecule has 0 radical (unpaired) electrons. The summed E-state index contributed by atoms with van der Waals surface area (Å²) < 4.78 is 11.1. The van der Waals surface area contributed by atoms with E-state index in [4.69, 9.17) is 14.3 Å². The lowest BCUT2D eigenvalue weighted by Gasteiger charge is -2.14. The molecule has 1 N–H and O–H groups in total. The van der Waals surface area contributed by atoms with Gasteiger partial charge in [-0.3, -0.25) is 4.79 Å². The Labute approximate surface area is 195 Å². The fourth-order valence-electron chi connectivity index (χ4n) is 3.47. The van der Waals surface area contributed by atoms with Crippen LogP contribution in [0.2, 0.25) is 0 Å². The number of nitrogens with zero attached hydrogens (tertiary/aromatic N) is 1. The average Bonchev–Trinajstić information content (AvgIpc) is 2.79.